The molecule has 3 aromatic carbocycles. The number of hydrogen-bond acceptors (Lipinski definition) is 3. The van der Waals surface area contributed by atoms with Gasteiger partial charge in [-0.15, -0.1) is 0 Å². The maximum absolute atomic E-state index is 5.79. The van der Waals surface area contributed by atoms with Gasteiger partial charge in [0, 0.05) is 16.3 Å². The third-order valence-electron chi connectivity index (χ3n) is 3.86. The second-order valence-corrected chi connectivity index (χ2v) is 6.64. The Kier molecular flexibility index (Phi) is 4.75. The molecule has 1 heterocycles. The van der Waals surface area contributed by atoms with Gasteiger partial charge in [0.1, 0.15) is 5.52 Å². The van der Waals surface area contributed by atoms with Gasteiger partial charge in [-0.2, -0.15) is 0 Å². The molecule has 0 atom stereocenters. The highest BCUT2D eigenvalue weighted by Gasteiger charge is 2.07. The normalized spacial score (nSPS) is 11.7. The number of benzene rings is 3. The van der Waals surface area contributed by atoms with E-state index in [0.29, 0.717) is 5.89 Å². The van der Waals surface area contributed by atoms with Crippen molar-refractivity contribution < 1.29 is 4.42 Å². The Morgan fingerprint density at radius 1 is 0.923 bits per heavy atom. The largest absolute Gasteiger partial charge is 0.436 e. The van der Waals surface area contributed by atoms with Crippen LogP contribution in [0.4, 0.5) is 5.69 Å². The number of hydrogen-bond donors (Lipinski definition) is 0. The summed E-state index contributed by atoms with van der Waals surface area (Å²) in [7, 11) is 0. The molecule has 0 aliphatic heterocycles. The minimum absolute atomic E-state index is 0.622. The molecule has 4 rings (SSSR count). The number of para-hydroxylation sites is 2. The van der Waals surface area contributed by atoms with Crippen molar-refractivity contribution in [3.63, 3.8) is 0 Å². The lowest BCUT2D eigenvalue weighted by atomic mass is 10.2. The van der Waals surface area contributed by atoms with E-state index < -0.39 is 0 Å². The van der Waals surface area contributed by atoms with Gasteiger partial charge in [0.05, 0.1) is 5.69 Å². The number of aliphatic imine (C=N–C) groups is 1. The zero-order valence-electron chi connectivity index (χ0n) is 13.8. The molecule has 0 radical (unpaired) electrons. The fourth-order valence-electron chi connectivity index (χ4n) is 2.58. The molecule has 1 aromatic heterocycles. The molecule has 0 aliphatic carbocycles. The molecule has 4 aromatic rings. The van der Waals surface area contributed by atoms with E-state index in [-0.39, 0.29) is 0 Å². The molecule has 0 saturated carbocycles. The van der Waals surface area contributed by atoms with Gasteiger partial charge in [0.15, 0.2) is 5.58 Å². The van der Waals surface area contributed by atoms with Gasteiger partial charge >= 0.3 is 0 Å². The van der Waals surface area contributed by atoms with Crippen molar-refractivity contribution in [3.05, 3.63) is 88.9 Å². The van der Waals surface area contributed by atoms with Gasteiger partial charge in [-0.3, -0.25) is 4.99 Å². The monoisotopic (exact) mass is 402 g/mol. The molecule has 26 heavy (non-hydrogen) atoms. The Hall–Kier alpha value is -2.98. The maximum Gasteiger partial charge on any atom is 0.227 e. The standard InChI is InChI=1S/C22H15BrN2O/c23-18-7-3-5-16(15-18)6-4-14-24-19-12-10-17(11-13-19)22-25-20-8-1-2-9-21(20)26-22/h1-15H/b6-4+,24-14?. The highest BCUT2D eigenvalue weighted by molar-refractivity contribution is 9.10. The molecule has 0 fully saturated rings. The molecule has 3 nitrogen and oxygen atoms in total. The second kappa shape index (κ2) is 7.50. The average Bonchev–Trinajstić information content (AvgIpc) is 3.10. The Labute approximate surface area is 159 Å². The van der Waals surface area contributed by atoms with Crippen LogP contribution in [0, 0.1) is 0 Å². The van der Waals surface area contributed by atoms with E-state index in [1.165, 1.54) is 0 Å². The first-order chi connectivity index (χ1) is 12.8. The molecule has 0 bridgehead atoms. The van der Waals surface area contributed by atoms with Crippen molar-refractivity contribution >= 4 is 45.0 Å². The number of allylic oxidation sites excluding steroid dienone is 1. The van der Waals surface area contributed by atoms with E-state index in [9.17, 15) is 0 Å². The van der Waals surface area contributed by atoms with E-state index in [1.54, 1.807) is 6.21 Å². The Bertz CT molecular complexity index is 1060. The fraction of sp³-hybridized carbons (Fsp3) is 0. The molecule has 0 aliphatic rings. The van der Waals surface area contributed by atoms with Gasteiger partial charge in [0.25, 0.3) is 0 Å². The van der Waals surface area contributed by atoms with Crippen molar-refractivity contribution in [2.24, 2.45) is 4.99 Å². The highest BCUT2D eigenvalue weighted by Crippen LogP contribution is 2.25. The average molecular weight is 403 g/mol. The first-order valence-electron chi connectivity index (χ1n) is 8.20. The Morgan fingerprint density at radius 3 is 2.58 bits per heavy atom. The van der Waals surface area contributed by atoms with Gasteiger partial charge in [0.2, 0.25) is 5.89 Å². The topological polar surface area (TPSA) is 38.4 Å². The van der Waals surface area contributed by atoms with Gasteiger partial charge in [-0.25, -0.2) is 4.98 Å². The van der Waals surface area contributed by atoms with Crippen LogP contribution in [0.25, 0.3) is 28.6 Å². The van der Waals surface area contributed by atoms with Gasteiger partial charge in [-0.05, 0) is 60.2 Å². The van der Waals surface area contributed by atoms with Crippen LogP contribution in [0.1, 0.15) is 5.56 Å². The number of fused-ring (bicyclic) bond motifs is 1. The third-order valence-corrected chi connectivity index (χ3v) is 4.35. The molecular weight excluding hydrogens is 388 g/mol. The second-order valence-electron chi connectivity index (χ2n) is 5.73. The summed E-state index contributed by atoms with van der Waals surface area (Å²) in [6.07, 6.45) is 5.73. The van der Waals surface area contributed by atoms with Crippen molar-refractivity contribution in [1.82, 2.24) is 4.98 Å². The lowest BCUT2D eigenvalue weighted by Gasteiger charge is -1.96. The summed E-state index contributed by atoms with van der Waals surface area (Å²) in [5.74, 6) is 0.622. The smallest absolute Gasteiger partial charge is 0.227 e. The van der Waals surface area contributed by atoms with E-state index >= 15 is 0 Å². The fourth-order valence-corrected chi connectivity index (χ4v) is 3.00. The van der Waals surface area contributed by atoms with Crippen LogP contribution in [-0.4, -0.2) is 11.2 Å². The van der Waals surface area contributed by atoms with Crippen molar-refractivity contribution in [2.45, 2.75) is 0 Å². The summed E-state index contributed by atoms with van der Waals surface area (Å²) in [6.45, 7) is 0. The molecule has 126 valence electrons. The first kappa shape index (κ1) is 16.5. The van der Waals surface area contributed by atoms with E-state index in [4.69, 9.17) is 4.42 Å². The quantitative estimate of drug-likeness (QED) is 0.357. The molecule has 0 N–H and O–H groups in total. The molecule has 0 unspecified atom stereocenters. The van der Waals surface area contributed by atoms with Crippen molar-refractivity contribution in [1.29, 1.82) is 0 Å². The van der Waals surface area contributed by atoms with Crippen LogP contribution in [0.15, 0.2) is 92.8 Å². The lowest BCUT2D eigenvalue weighted by Crippen LogP contribution is -1.76. The summed E-state index contributed by atoms with van der Waals surface area (Å²) < 4.78 is 6.85. The number of aromatic nitrogens is 1. The van der Waals surface area contributed by atoms with Gasteiger partial charge < -0.3 is 4.42 Å². The molecule has 0 spiro atoms. The van der Waals surface area contributed by atoms with Crippen molar-refractivity contribution in [2.75, 3.05) is 0 Å². The van der Waals surface area contributed by atoms with Gasteiger partial charge in [-0.1, -0.05) is 46.3 Å². The van der Waals surface area contributed by atoms with Crippen LogP contribution in [-0.2, 0) is 0 Å². The van der Waals surface area contributed by atoms with Crippen LogP contribution in [0.3, 0.4) is 0 Å². The predicted molar refractivity (Wildman–Crippen MR) is 111 cm³/mol. The van der Waals surface area contributed by atoms with Crippen LogP contribution in [0.2, 0.25) is 0 Å². The van der Waals surface area contributed by atoms with Crippen LogP contribution >= 0.6 is 15.9 Å². The predicted octanol–water partition coefficient (Wildman–Crippen LogP) is 6.67. The van der Waals surface area contributed by atoms with Crippen LogP contribution in [0.5, 0.6) is 0 Å². The molecular formula is C22H15BrN2O. The van der Waals surface area contributed by atoms with Crippen molar-refractivity contribution in [3.8, 4) is 11.5 Å². The summed E-state index contributed by atoms with van der Waals surface area (Å²) in [5, 5.41) is 0. The Morgan fingerprint density at radius 2 is 1.77 bits per heavy atom. The highest BCUT2D eigenvalue weighted by atomic mass is 79.9. The summed E-state index contributed by atoms with van der Waals surface area (Å²) in [6, 6.07) is 23.7. The summed E-state index contributed by atoms with van der Waals surface area (Å²) in [4.78, 5) is 8.96. The first-order valence-corrected chi connectivity index (χ1v) is 8.99. The number of nitrogens with zero attached hydrogens (tertiary/aromatic N) is 2. The lowest BCUT2D eigenvalue weighted by molar-refractivity contribution is 0.620. The molecule has 0 saturated heterocycles. The SMILES string of the molecule is Brc1cccc(/C=C/C=Nc2ccc(-c3nc4ccccc4o3)cc2)c1. The van der Waals surface area contributed by atoms with E-state index in [1.807, 2.05) is 78.9 Å². The minimum Gasteiger partial charge on any atom is -0.436 e. The van der Waals surface area contributed by atoms with Crippen LogP contribution < -0.4 is 0 Å². The van der Waals surface area contributed by atoms with E-state index in [2.05, 4.69) is 32.0 Å². The number of rotatable bonds is 4. The number of halogens is 1. The zero-order valence-corrected chi connectivity index (χ0v) is 15.4. The zero-order chi connectivity index (χ0) is 17.8. The third kappa shape index (κ3) is 3.81. The number of oxazole rings is 1. The summed E-state index contributed by atoms with van der Waals surface area (Å²) >= 11 is 3.46. The molecule has 4 heteroatoms. The maximum atomic E-state index is 5.79. The minimum atomic E-state index is 0.622. The summed E-state index contributed by atoms with van der Waals surface area (Å²) in [5.41, 5.74) is 4.59. The van der Waals surface area contributed by atoms with E-state index in [0.717, 1.165) is 32.4 Å². The Balaban J connectivity index is 1.47. The molecule has 0 amide bonds.